The van der Waals surface area contributed by atoms with Crippen LogP contribution < -0.4 is 5.73 Å². The van der Waals surface area contributed by atoms with Gasteiger partial charge in [-0.2, -0.15) is 0 Å². The molecule has 6 nitrogen and oxygen atoms in total. The van der Waals surface area contributed by atoms with E-state index < -0.39 is 0 Å². The second kappa shape index (κ2) is 4.38. The van der Waals surface area contributed by atoms with Crippen molar-refractivity contribution in [3.63, 3.8) is 0 Å². The maximum Gasteiger partial charge on any atom is 0.220 e. The van der Waals surface area contributed by atoms with Gasteiger partial charge in [-0.05, 0) is 19.1 Å². The SMILES string of the molecule is Cc1nc(N)nc2c1/C(=N/O)CC(c1ccco1)C2. The van der Waals surface area contributed by atoms with E-state index in [1.54, 1.807) is 6.26 Å². The Hall–Kier alpha value is -2.37. The van der Waals surface area contributed by atoms with E-state index in [1.807, 2.05) is 19.1 Å². The van der Waals surface area contributed by atoms with Crippen LogP contribution in [-0.4, -0.2) is 20.9 Å². The Balaban J connectivity index is 2.09. The normalized spacial score (nSPS) is 20.5. The van der Waals surface area contributed by atoms with Gasteiger partial charge in [-0.3, -0.25) is 0 Å². The molecule has 2 heterocycles. The van der Waals surface area contributed by atoms with Gasteiger partial charge in [0.1, 0.15) is 5.76 Å². The Morgan fingerprint density at radius 1 is 1.42 bits per heavy atom. The Labute approximate surface area is 110 Å². The van der Waals surface area contributed by atoms with E-state index in [4.69, 9.17) is 10.2 Å². The van der Waals surface area contributed by atoms with Crippen molar-refractivity contribution < 1.29 is 9.62 Å². The summed E-state index contributed by atoms with van der Waals surface area (Å²) in [5.74, 6) is 1.22. The molecule has 1 aliphatic rings. The van der Waals surface area contributed by atoms with E-state index in [1.165, 1.54) is 0 Å². The molecule has 0 fully saturated rings. The lowest BCUT2D eigenvalue weighted by Crippen LogP contribution is -2.23. The second-order valence-electron chi connectivity index (χ2n) is 4.66. The zero-order chi connectivity index (χ0) is 13.4. The zero-order valence-electron chi connectivity index (χ0n) is 10.5. The van der Waals surface area contributed by atoms with E-state index in [-0.39, 0.29) is 11.9 Å². The summed E-state index contributed by atoms with van der Waals surface area (Å²) in [7, 11) is 0. The van der Waals surface area contributed by atoms with Crippen molar-refractivity contribution in [2.75, 3.05) is 5.73 Å². The Kier molecular flexibility index (Phi) is 2.70. The maximum absolute atomic E-state index is 9.22. The molecule has 19 heavy (non-hydrogen) atoms. The van der Waals surface area contributed by atoms with Gasteiger partial charge in [0, 0.05) is 24.3 Å². The van der Waals surface area contributed by atoms with Gasteiger partial charge in [0.2, 0.25) is 5.95 Å². The van der Waals surface area contributed by atoms with Gasteiger partial charge in [-0.15, -0.1) is 0 Å². The molecule has 98 valence electrons. The molecule has 0 bridgehead atoms. The molecule has 2 aromatic rings. The molecule has 0 spiro atoms. The van der Waals surface area contributed by atoms with E-state index >= 15 is 0 Å². The van der Waals surface area contributed by atoms with Crippen molar-refractivity contribution >= 4 is 11.7 Å². The molecule has 3 N–H and O–H groups in total. The highest BCUT2D eigenvalue weighted by Crippen LogP contribution is 2.33. The lowest BCUT2D eigenvalue weighted by atomic mass is 9.83. The summed E-state index contributed by atoms with van der Waals surface area (Å²) in [6, 6.07) is 3.77. The van der Waals surface area contributed by atoms with Crippen LogP contribution in [0.25, 0.3) is 0 Å². The average Bonchev–Trinajstić information content (AvgIpc) is 2.90. The van der Waals surface area contributed by atoms with E-state index in [2.05, 4.69) is 15.1 Å². The largest absolute Gasteiger partial charge is 0.469 e. The van der Waals surface area contributed by atoms with Gasteiger partial charge < -0.3 is 15.4 Å². The predicted molar refractivity (Wildman–Crippen MR) is 69.3 cm³/mol. The average molecular weight is 258 g/mol. The number of furan rings is 1. The monoisotopic (exact) mass is 258 g/mol. The van der Waals surface area contributed by atoms with Crippen LogP contribution in [0.5, 0.6) is 0 Å². The Morgan fingerprint density at radius 3 is 2.95 bits per heavy atom. The molecule has 0 amide bonds. The fourth-order valence-electron chi connectivity index (χ4n) is 2.64. The standard InChI is InChI=1S/C13H14N4O2/c1-7-12-9(16-13(14)15-7)5-8(6-10(12)17-18)11-3-2-4-19-11/h2-4,8,18H,5-6H2,1H3,(H2,14,15,16)/b17-10+. The molecule has 0 aromatic carbocycles. The molecule has 1 unspecified atom stereocenters. The van der Waals surface area contributed by atoms with Crippen LogP contribution in [-0.2, 0) is 6.42 Å². The topological polar surface area (TPSA) is 97.5 Å². The van der Waals surface area contributed by atoms with Crippen molar-refractivity contribution in [2.24, 2.45) is 5.16 Å². The number of nitrogens with two attached hydrogens (primary N) is 1. The molecule has 6 heteroatoms. The van der Waals surface area contributed by atoms with Crippen molar-refractivity contribution in [3.8, 4) is 0 Å². The number of anilines is 1. The van der Waals surface area contributed by atoms with Gasteiger partial charge in [-0.25, -0.2) is 9.97 Å². The van der Waals surface area contributed by atoms with Crippen molar-refractivity contribution in [2.45, 2.75) is 25.7 Å². The summed E-state index contributed by atoms with van der Waals surface area (Å²) >= 11 is 0. The van der Waals surface area contributed by atoms with Crippen LogP contribution in [0, 0.1) is 6.92 Å². The number of hydrogen-bond acceptors (Lipinski definition) is 6. The smallest absolute Gasteiger partial charge is 0.220 e. The van der Waals surface area contributed by atoms with Crippen molar-refractivity contribution in [1.29, 1.82) is 0 Å². The highest BCUT2D eigenvalue weighted by atomic mass is 16.4. The number of nitrogen functional groups attached to an aromatic ring is 1. The first-order valence-electron chi connectivity index (χ1n) is 6.06. The second-order valence-corrected chi connectivity index (χ2v) is 4.66. The minimum atomic E-state index is 0.113. The molecule has 0 saturated carbocycles. The molecule has 0 radical (unpaired) electrons. The third-order valence-corrected chi connectivity index (χ3v) is 3.42. The van der Waals surface area contributed by atoms with Gasteiger partial charge >= 0.3 is 0 Å². The summed E-state index contributed by atoms with van der Waals surface area (Å²) in [5, 5.41) is 12.6. The number of rotatable bonds is 1. The fourth-order valence-corrected chi connectivity index (χ4v) is 2.64. The van der Waals surface area contributed by atoms with Gasteiger partial charge in [-0.1, -0.05) is 5.16 Å². The number of oxime groups is 1. The van der Waals surface area contributed by atoms with Crippen LogP contribution in [0.4, 0.5) is 5.95 Å². The van der Waals surface area contributed by atoms with Crippen LogP contribution in [0.1, 0.15) is 35.1 Å². The highest BCUT2D eigenvalue weighted by molar-refractivity contribution is 6.03. The predicted octanol–water partition coefficient (Wildman–Crippen LogP) is 1.87. The van der Waals surface area contributed by atoms with Gasteiger partial charge in [0.05, 0.1) is 23.4 Å². The summed E-state index contributed by atoms with van der Waals surface area (Å²) in [5.41, 5.74) is 8.63. The van der Waals surface area contributed by atoms with Crippen LogP contribution in [0.2, 0.25) is 0 Å². The number of aromatic nitrogens is 2. The number of fused-ring (bicyclic) bond motifs is 1. The fraction of sp³-hybridized carbons (Fsp3) is 0.308. The van der Waals surface area contributed by atoms with Gasteiger partial charge in [0.25, 0.3) is 0 Å². The van der Waals surface area contributed by atoms with E-state index in [0.29, 0.717) is 18.6 Å². The first-order chi connectivity index (χ1) is 9.19. The maximum atomic E-state index is 9.22. The minimum Gasteiger partial charge on any atom is -0.469 e. The molecule has 1 aliphatic carbocycles. The van der Waals surface area contributed by atoms with Crippen LogP contribution in [0.15, 0.2) is 28.0 Å². The van der Waals surface area contributed by atoms with Crippen molar-refractivity contribution in [1.82, 2.24) is 9.97 Å². The lowest BCUT2D eigenvalue weighted by molar-refractivity contribution is 0.316. The summed E-state index contributed by atoms with van der Waals surface area (Å²) in [4.78, 5) is 8.39. The first-order valence-corrected chi connectivity index (χ1v) is 6.06. The summed E-state index contributed by atoms with van der Waals surface area (Å²) in [6.07, 6.45) is 2.95. The third-order valence-electron chi connectivity index (χ3n) is 3.42. The Bertz CT molecular complexity index is 634. The molecule has 0 aliphatic heterocycles. The molecular formula is C13H14N4O2. The number of nitrogens with zero attached hydrogens (tertiary/aromatic N) is 3. The zero-order valence-corrected chi connectivity index (χ0v) is 10.5. The number of aryl methyl sites for hydroxylation is 1. The number of hydrogen-bond donors (Lipinski definition) is 2. The third kappa shape index (κ3) is 1.95. The van der Waals surface area contributed by atoms with Gasteiger partial charge in [0.15, 0.2) is 0 Å². The lowest BCUT2D eigenvalue weighted by Gasteiger charge is -2.24. The Morgan fingerprint density at radius 2 is 2.26 bits per heavy atom. The molecule has 1 atom stereocenters. The summed E-state index contributed by atoms with van der Waals surface area (Å²) in [6.45, 7) is 1.84. The molecule has 2 aromatic heterocycles. The highest BCUT2D eigenvalue weighted by Gasteiger charge is 2.30. The quantitative estimate of drug-likeness (QED) is 0.601. The van der Waals surface area contributed by atoms with E-state index in [9.17, 15) is 5.21 Å². The van der Waals surface area contributed by atoms with Crippen LogP contribution in [0.3, 0.4) is 0 Å². The molecule has 0 saturated heterocycles. The van der Waals surface area contributed by atoms with E-state index in [0.717, 1.165) is 22.7 Å². The van der Waals surface area contributed by atoms with Crippen molar-refractivity contribution in [3.05, 3.63) is 41.1 Å². The minimum absolute atomic E-state index is 0.113. The first kappa shape index (κ1) is 11.7. The molecule has 3 rings (SSSR count). The summed E-state index contributed by atoms with van der Waals surface area (Å²) < 4.78 is 5.43. The van der Waals surface area contributed by atoms with Crippen LogP contribution >= 0.6 is 0 Å². The molecular weight excluding hydrogens is 244 g/mol.